The van der Waals surface area contributed by atoms with E-state index < -0.39 is 0 Å². The van der Waals surface area contributed by atoms with Crippen LogP contribution in [0.2, 0.25) is 0 Å². The lowest BCUT2D eigenvalue weighted by Crippen LogP contribution is -2.51. The Kier molecular flexibility index (Phi) is 5.75. The third-order valence-corrected chi connectivity index (χ3v) is 4.47. The van der Waals surface area contributed by atoms with Crippen LogP contribution in [0.4, 0.5) is 5.69 Å². The molecule has 4 heteroatoms. The zero-order valence-corrected chi connectivity index (χ0v) is 14.0. The molecule has 1 aromatic carbocycles. The highest BCUT2D eigenvalue weighted by atomic mass is 15.3. The molecule has 2 rings (SSSR count). The number of nitrogen functional groups attached to an aromatic ring is 1. The summed E-state index contributed by atoms with van der Waals surface area (Å²) in [5.41, 5.74) is 8.51. The molecular formula is C18H28N4. The Bertz CT molecular complexity index is 528. The molecule has 1 aliphatic rings. The van der Waals surface area contributed by atoms with Gasteiger partial charge in [-0.15, -0.1) is 0 Å². The zero-order valence-electron chi connectivity index (χ0n) is 14.0. The van der Waals surface area contributed by atoms with Crippen molar-refractivity contribution in [3.05, 3.63) is 42.1 Å². The minimum absolute atomic E-state index is 0.260. The third-order valence-electron chi connectivity index (χ3n) is 4.47. The third kappa shape index (κ3) is 4.18. The molecule has 0 saturated carbocycles. The molecular weight excluding hydrogens is 272 g/mol. The van der Waals surface area contributed by atoms with E-state index >= 15 is 0 Å². The predicted molar refractivity (Wildman–Crippen MR) is 95.3 cm³/mol. The number of aliphatic imine (C=N–C) groups is 1. The molecule has 22 heavy (non-hydrogen) atoms. The van der Waals surface area contributed by atoms with Crippen LogP contribution in [0.25, 0.3) is 0 Å². The predicted octanol–water partition coefficient (Wildman–Crippen LogP) is 2.62. The highest BCUT2D eigenvalue weighted by molar-refractivity contribution is 5.87. The number of piperazine rings is 1. The number of para-hydroxylation sites is 1. The van der Waals surface area contributed by atoms with Crippen molar-refractivity contribution in [2.45, 2.75) is 32.9 Å². The van der Waals surface area contributed by atoms with E-state index in [-0.39, 0.29) is 6.04 Å². The van der Waals surface area contributed by atoms with Crippen molar-refractivity contribution in [3.63, 3.8) is 0 Å². The Labute approximate surface area is 134 Å². The van der Waals surface area contributed by atoms with Crippen LogP contribution >= 0.6 is 0 Å². The molecule has 1 saturated heterocycles. The lowest BCUT2D eigenvalue weighted by Gasteiger charge is -2.39. The summed E-state index contributed by atoms with van der Waals surface area (Å²) in [4.78, 5) is 9.49. The number of hydrogen-bond acceptors (Lipinski definition) is 4. The van der Waals surface area contributed by atoms with Crippen molar-refractivity contribution >= 4 is 11.9 Å². The molecule has 4 nitrogen and oxygen atoms in total. The molecule has 0 spiro atoms. The summed E-state index contributed by atoms with van der Waals surface area (Å²) in [5.74, 6) is 0. The molecule has 0 radical (unpaired) electrons. The van der Waals surface area contributed by atoms with Gasteiger partial charge in [0.1, 0.15) is 0 Å². The molecule has 1 fully saturated rings. The van der Waals surface area contributed by atoms with Crippen molar-refractivity contribution in [3.8, 4) is 0 Å². The minimum atomic E-state index is 0.260. The number of benzene rings is 1. The topological polar surface area (TPSA) is 44.9 Å². The van der Waals surface area contributed by atoms with Crippen LogP contribution in [-0.4, -0.2) is 54.3 Å². The fourth-order valence-electron chi connectivity index (χ4n) is 2.74. The van der Waals surface area contributed by atoms with E-state index in [0.29, 0.717) is 6.04 Å². The molecule has 2 N–H and O–H groups in total. The van der Waals surface area contributed by atoms with Gasteiger partial charge in [0.05, 0.1) is 5.70 Å². The van der Waals surface area contributed by atoms with Crippen LogP contribution in [0.5, 0.6) is 0 Å². The zero-order chi connectivity index (χ0) is 16.1. The van der Waals surface area contributed by atoms with E-state index in [0.717, 1.165) is 43.1 Å². The number of nitrogens with two attached hydrogens (primary N) is 1. The lowest BCUT2D eigenvalue weighted by atomic mass is 10.1. The fourth-order valence-corrected chi connectivity index (χ4v) is 2.74. The van der Waals surface area contributed by atoms with Gasteiger partial charge >= 0.3 is 0 Å². The number of anilines is 1. The second kappa shape index (κ2) is 7.56. The number of hydrogen-bond donors (Lipinski definition) is 1. The highest BCUT2D eigenvalue weighted by Gasteiger charge is 2.23. The van der Waals surface area contributed by atoms with Gasteiger partial charge in [-0.2, -0.15) is 0 Å². The van der Waals surface area contributed by atoms with E-state index in [4.69, 9.17) is 5.73 Å². The summed E-state index contributed by atoms with van der Waals surface area (Å²) < 4.78 is 0. The summed E-state index contributed by atoms with van der Waals surface area (Å²) >= 11 is 0. The smallest absolute Gasteiger partial charge is 0.0501 e. The Balaban J connectivity index is 1.92. The monoisotopic (exact) mass is 300 g/mol. The first-order valence-electron chi connectivity index (χ1n) is 8.04. The molecule has 1 unspecified atom stereocenters. The summed E-state index contributed by atoms with van der Waals surface area (Å²) in [6, 6.07) is 8.64. The van der Waals surface area contributed by atoms with Gasteiger partial charge in [0.2, 0.25) is 0 Å². The Morgan fingerprint density at radius 3 is 2.32 bits per heavy atom. The molecule has 1 aromatic rings. The van der Waals surface area contributed by atoms with E-state index in [1.807, 2.05) is 30.5 Å². The summed E-state index contributed by atoms with van der Waals surface area (Å²) in [6.45, 7) is 15.2. The molecule has 1 aliphatic heterocycles. The normalized spacial score (nSPS) is 18.9. The van der Waals surface area contributed by atoms with Gasteiger partial charge in [0.25, 0.3) is 0 Å². The van der Waals surface area contributed by atoms with Crippen LogP contribution in [0.1, 0.15) is 26.3 Å². The Morgan fingerprint density at radius 1 is 1.14 bits per heavy atom. The molecule has 0 amide bonds. The SMILES string of the molecule is C=C(N=Cc1ccccc1N)C(C)N1CCN(C(C)C)CC1. The van der Waals surface area contributed by atoms with Crippen LogP contribution in [0.3, 0.4) is 0 Å². The molecule has 120 valence electrons. The standard InChI is InChI=1S/C18H28N4/c1-14(2)21-9-11-22(12-10-21)16(4)15(3)20-13-17-7-5-6-8-18(17)19/h5-8,13-14,16H,3,9-12,19H2,1-2,4H3. The van der Waals surface area contributed by atoms with E-state index in [1.54, 1.807) is 0 Å². The first kappa shape index (κ1) is 16.7. The van der Waals surface area contributed by atoms with E-state index in [9.17, 15) is 0 Å². The van der Waals surface area contributed by atoms with Crippen molar-refractivity contribution in [1.82, 2.24) is 9.80 Å². The number of nitrogens with zero attached hydrogens (tertiary/aromatic N) is 3. The maximum atomic E-state index is 5.93. The maximum Gasteiger partial charge on any atom is 0.0501 e. The van der Waals surface area contributed by atoms with Gasteiger partial charge in [-0.3, -0.25) is 14.8 Å². The van der Waals surface area contributed by atoms with Gasteiger partial charge in [-0.25, -0.2) is 0 Å². The maximum absolute atomic E-state index is 5.93. The van der Waals surface area contributed by atoms with Gasteiger partial charge in [-0.05, 0) is 26.8 Å². The molecule has 0 aromatic heterocycles. The Hall–Kier alpha value is -1.65. The lowest BCUT2D eigenvalue weighted by molar-refractivity contribution is 0.0928. The van der Waals surface area contributed by atoms with Crippen LogP contribution in [0.15, 0.2) is 41.5 Å². The average molecular weight is 300 g/mol. The molecule has 1 heterocycles. The van der Waals surface area contributed by atoms with Gasteiger partial charge < -0.3 is 5.73 Å². The second-order valence-electron chi connectivity index (χ2n) is 6.22. The fraction of sp³-hybridized carbons (Fsp3) is 0.500. The molecule has 0 aliphatic carbocycles. The van der Waals surface area contributed by atoms with Crippen molar-refractivity contribution in [2.75, 3.05) is 31.9 Å². The first-order chi connectivity index (χ1) is 10.5. The summed E-state index contributed by atoms with van der Waals surface area (Å²) in [6.07, 6.45) is 1.82. The average Bonchev–Trinajstić information content (AvgIpc) is 2.53. The molecule has 0 bridgehead atoms. The minimum Gasteiger partial charge on any atom is -0.398 e. The summed E-state index contributed by atoms with van der Waals surface area (Å²) in [7, 11) is 0. The van der Waals surface area contributed by atoms with Crippen LogP contribution in [-0.2, 0) is 0 Å². The molecule has 1 atom stereocenters. The van der Waals surface area contributed by atoms with E-state index in [1.165, 1.54) is 0 Å². The Morgan fingerprint density at radius 2 is 1.73 bits per heavy atom. The summed E-state index contributed by atoms with van der Waals surface area (Å²) in [5, 5.41) is 0. The van der Waals surface area contributed by atoms with Gasteiger partial charge in [-0.1, -0.05) is 24.8 Å². The van der Waals surface area contributed by atoms with Crippen molar-refractivity contribution in [1.29, 1.82) is 0 Å². The van der Waals surface area contributed by atoms with Crippen molar-refractivity contribution in [2.24, 2.45) is 4.99 Å². The van der Waals surface area contributed by atoms with Gasteiger partial charge in [0.15, 0.2) is 0 Å². The quantitative estimate of drug-likeness (QED) is 0.671. The van der Waals surface area contributed by atoms with Crippen LogP contribution in [0, 0.1) is 0 Å². The number of rotatable bonds is 5. The van der Waals surface area contributed by atoms with Crippen LogP contribution < -0.4 is 5.73 Å². The first-order valence-corrected chi connectivity index (χ1v) is 8.04. The second-order valence-corrected chi connectivity index (χ2v) is 6.22. The van der Waals surface area contributed by atoms with E-state index in [2.05, 4.69) is 42.1 Å². The highest BCUT2D eigenvalue weighted by Crippen LogP contribution is 2.15. The largest absolute Gasteiger partial charge is 0.398 e. The van der Waals surface area contributed by atoms with Gasteiger partial charge in [0, 0.05) is 55.7 Å². The van der Waals surface area contributed by atoms with Crippen molar-refractivity contribution < 1.29 is 0 Å².